The topological polar surface area (TPSA) is 35.8 Å². The Hall–Kier alpha value is -1.92. The average Bonchev–Trinajstić information content (AvgIpc) is 2.38. The van der Waals surface area contributed by atoms with Crippen molar-refractivity contribution in [1.29, 1.82) is 5.26 Å². The molecule has 0 fully saturated rings. The van der Waals surface area contributed by atoms with Crippen LogP contribution in [0.25, 0.3) is 0 Å². The monoisotopic (exact) mass is 282 g/mol. The summed E-state index contributed by atoms with van der Waals surface area (Å²) in [5.41, 5.74) is 5.04. The lowest BCUT2D eigenvalue weighted by atomic mass is 10.1. The molecular weight excluding hydrogens is 264 g/mol. The maximum absolute atomic E-state index is 9.41. The van der Waals surface area contributed by atoms with Crippen molar-refractivity contribution >= 4 is 23.1 Å². The van der Waals surface area contributed by atoms with Crippen LogP contribution in [0.2, 0.25) is 0 Å². The third-order valence-electron chi connectivity index (χ3n) is 2.94. The molecule has 0 aliphatic heterocycles. The van der Waals surface area contributed by atoms with Crippen LogP contribution in [0.5, 0.6) is 0 Å². The van der Waals surface area contributed by atoms with Gasteiger partial charge >= 0.3 is 0 Å². The fraction of sp³-hybridized carbons (Fsp3) is 0.235. The van der Waals surface area contributed by atoms with E-state index in [4.69, 9.17) is 0 Å². The Kier molecular flexibility index (Phi) is 4.70. The summed E-state index contributed by atoms with van der Waals surface area (Å²) in [5.74, 6) is 0.960. The van der Waals surface area contributed by atoms with E-state index in [9.17, 15) is 5.26 Å². The molecule has 0 amide bonds. The molecule has 0 unspecified atom stereocenters. The van der Waals surface area contributed by atoms with Gasteiger partial charge in [0.1, 0.15) is 6.07 Å². The first-order valence-corrected chi connectivity index (χ1v) is 7.64. The Bertz CT molecular complexity index is 636. The maximum Gasteiger partial charge on any atom is 0.103 e. The van der Waals surface area contributed by atoms with Crippen LogP contribution in [0.1, 0.15) is 23.6 Å². The highest BCUT2D eigenvalue weighted by Crippen LogP contribution is 2.30. The van der Waals surface area contributed by atoms with Crippen LogP contribution in [0.15, 0.2) is 41.3 Å². The number of nitrogens with zero attached hydrogens (tertiary/aromatic N) is 1. The van der Waals surface area contributed by atoms with Crippen molar-refractivity contribution in [1.82, 2.24) is 0 Å². The molecule has 0 aliphatic rings. The highest BCUT2D eigenvalue weighted by Gasteiger charge is 2.08. The van der Waals surface area contributed by atoms with Gasteiger partial charge in [-0.15, -0.1) is 11.8 Å². The number of thioether (sulfide) groups is 1. The minimum atomic E-state index is 0.721. The van der Waals surface area contributed by atoms with E-state index in [1.54, 1.807) is 11.8 Å². The molecule has 0 aliphatic carbocycles. The fourth-order valence-corrected chi connectivity index (χ4v) is 3.01. The second kappa shape index (κ2) is 6.49. The Morgan fingerprint density at radius 1 is 1.15 bits per heavy atom. The minimum absolute atomic E-state index is 0.721. The van der Waals surface area contributed by atoms with Crippen molar-refractivity contribution in [2.45, 2.75) is 25.7 Å². The van der Waals surface area contributed by atoms with E-state index in [2.05, 4.69) is 50.4 Å². The predicted octanol–water partition coefficient (Wildman–Crippen LogP) is 5.03. The molecule has 0 saturated carbocycles. The van der Waals surface area contributed by atoms with E-state index in [1.807, 2.05) is 18.2 Å². The second-order valence-corrected chi connectivity index (χ2v) is 6.03. The summed E-state index contributed by atoms with van der Waals surface area (Å²) in [6.07, 6.45) is 0. The molecule has 0 saturated heterocycles. The number of nitriles is 1. The predicted molar refractivity (Wildman–Crippen MR) is 86.8 cm³/mol. The van der Waals surface area contributed by atoms with Crippen LogP contribution in [-0.4, -0.2) is 5.75 Å². The fourth-order valence-electron chi connectivity index (χ4n) is 2.23. The summed E-state index contributed by atoms with van der Waals surface area (Å²) in [7, 11) is 0. The largest absolute Gasteiger partial charge is 0.354 e. The normalized spacial score (nSPS) is 10.1. The first kappa shape index (κ1) is 14.5. The Morgan fingerprint density at radius 2 is 1.85 bits per heavy atom. The highest BCUT2D eigenvalue weighted by atomic mass is 32.2. The number of rotatable bonds is 4. The van der Waals surface area contributed by atoms with E-state index in [-0.39, 0.29) is 0 Å². The van der Waals surface area contributed by atoms with Crippen molar-refractivity contribution in [3.05, 3.63) is 53.1 Å². The smallest absolute Gasteiger partial charge is 0.103 e. The van der Waals surface area contributed by atoms with Crippen LogP contribution in [0.4, 0.5) is 11.4 Å². The van der Waals surface area contributed by atoms with Crippen LogP contribution < -0.4 is 5.32 Å². The van der Waals surface area contributed by atoms with Gasteiger partial charge in [-0.25, -0.2) is 0 Å². The van der Waals surface area contributed by atoms with Gasteiger partial charge in [0.05, 0.1) is 11.3 Å². The Labute approximate surface area is 124 Å². The van der Waals surface area contributed by atoms with Crippen LogP contribution >= 0.6 is 11.8 Å². The summed E-state index contributed by atoms with van der Waals surface area (Å²) < 4.78 is 0. The van der Waals surface area contributed by atoms with Crippen LogP contribution in [0, 0.1) is 25.2 Å². The van der Waals surface area contributed by atoms with E-state index in [1.165, 1.54) is 11.1 Å². The van der Waals surface area contributed by atoms with Gasteiger partial charge in [-0.05, 0) is 55.0 Å². The SMILES string of the molecule is CCSc1cccc(Nc2cc(C)cc(C)c2)c1C#N. The lowest BCUT2D eigenvalue weighted by molar-refractivity contribution is 1.33. The van der Waals surface area contributed by atoms with Gasteiger partial charge in [0, 0.05) is 10.6 Å². The van der Waals surface area contributed by atoms with Gasteiger partial charge in [0.25, 0.3) is 0 Å². The molecule has 3 heteroatoms. The van der Waals surface area contributed by atoms with E-state index >= 15 is 0 Å². The van der Waals surface area contributed by atoms with Gasteiger partial charge in [0.2, 0.25) is 0 Å². The molecule has 0 heterocycles. The van der Waals surface area contributed by atoms with Crippen LogP contribution in [0.3, 0.4) is 0 Å². The number of hydrogen-bond donors (Lipinski definition) is 1. The first-order valence-electron chi connectivity index (χ1n) is 6.65. The second-order valence-electron chi connectivity index (χ2n) is 4.72. The van der Waals surface area contributed by atoms with E-state index in [0.717, 1.165) is 27.6 Å². The van der Waals surface area contributed by atoms with Gasteiger partial charge < -0.3 is 5.32 Å². The first-order chi connectivity index (χ1) is 9.63. The van der Waals surface area contributed by atoms with E-state index < -0.39 is 0 Å². The molecule has 0 radical (unpaired) electrons. The van der Waals surface area contributed by atoms with Gasteiger partial charge in [-0.3, -0.25) is 0 Å². The summed E-state index contributed by atoms with van der Waals surface area (Å²) in [5, 5.41) is 12.8. The molecule has 1 N–H and O–H groups in total. The van der Waals surface area contributed by atoms with Crippen molar-refractivity contribution in [3.8, 4) is 6.07 Å². The molecule has 0 aromatic heterocycles. The lowest BCUT2D eigenvalue weighted by Gasteiger charge is -2.12. The standard InChI is InChI=1S/C17H18N2S/c1-4-20-17-7-5-6-16(15(17)11-18)19-14-9-12(2)8-13(3)10-14/h5-10,19H,4H2,1-3H3. The third kappa shape index (κ3) is 3.34. The number of benzene rings is 2. The van der Waals surface area contributed by atoms with Gasteiger partial charge in [0.15, 0.2) is 0 Å². The summed E-state index contributed by atoms with van der Waals surface area (Å²) in [6.45, 7) is 6.25. The summed E-state index contributed by atoms with van der Waals surface area (Å²) in [4.78, 5) is 1.03. The summed E-state index contributed by atoms with van der Waals surface area (Å²) in [6, 6.07) is 14.6. The number of anilines is 2. The molecule has 2 aromatic rings. The Morgan fingerprint density at radius 3 is 2.45 bits per heavy atom. The minimum Gasteiger partial charge on any atom is -0.354 e. The number of hydrogen-bond acceptors (Lipinski definition) is 3. The third-order valence-corrected chi connectivity index (χ3v) is 3.88. The van der Waals surface area contributed by atoms with E-state index in [0.29, 0.717) is 0 Å². The van der Waals surface area contributed by atoms with Crippen molar-refractivity contribution in [2.24, 2.45) is 0 Å². The number of aryl methyl sites for hydroxylation is 2. The molecule has 0 atom stereocenters. The van der Waals surface area contributed by atoms with Gasteiger partial charge in [-0.2, -0.15) is 5.26 Å². The molecule has 0 spiro atoms. The zero-order valence-electron chi connectivity index (χ0n) is 12.0. The molecule has 2 aromatic carbocycles. The van der Waals surface area contributed by atoms with Crippen LogP contribution in [-0.2, 0) is 0 Å². The van der Waals surface area contributed by atoms with Crippen molar-refractivity contribution < 1.29 is 0 Å². The average molecular weight is 282 g/mol. The molecule has 20 heavy (non-hydrogen) atoms. The quantitative estimate of drug-likeness (QED) is 0.799. The molecular formula is C17H18N2S. The van der Waals surface area contributed by atoms with Crippen molar-refractivity contribution in [2.75, 3.05) is 11.1 Å². The zero-order chi connectivity index (χ0) is 14.5. The van der Waals surface area contributed by atoms with Crippen molar-refractivity contribution in [3.63, 3.8) is 0 Å². The van der Waals surface area contributed by atoms with Gasteiger partial charge in [-0.1, -0.05) is 19.1 Å². The molecule has 0 bridgehead atoms. The lowest BCUT2D eigenvalue weighted by Crippen LogP contribution is -1.96. The Balaban J connectivity index is 2.38. The molecule has 2 nitrogen and oxygen atoms in total. The maximum atomic E-state index is 9.41. The zero-order valence-corrected chi connectivity index (χ0v) is 12.8. The summed E-state index contributed by atoms with van der Waals surface area (Å²) >= 11 is 1.70. The number of nitrogens with one attached hydrogen (secondary N) is 1. The molecule has 102 valence electrons. The molecule has 2 rings (SSSR count). The highest BCUT2D eigenvalue weighted by molar-refractivity contribution is 7.99.